The standard InChI is InChI=1S/C18H19NO4S2/c20-15-8-9-16(21)19(15)23-17(22)7-3-1-2-5-13-10-12-25-18(13)14-6-4-11-24-14/h4,6,10-12H,1-3,5,7-9H2. The lowest BCUT2D eigenvalue weighted by atomic mass is 10.1. The first-order valence-corrected chi connectivity index (χ1v) is 10.1. The highest BCUT2D eigenvalue weighted by atomic mass is 32.1. The number of rotatable bonds is 8. The zero-order valence-corrected chi connectivity index (χ0v) is 15.4. The van der Waals surface area contributed by atoms with E-state index in [2.05, 4.69) is 29.0 Å². The van der Waals surface area contributed by atoms with Gasteiger partial charge in [-0.3, -0.25) is 9.59 Å². The minimum absolute atomic E-state index is 0.124. The molecule has 3 heterocycles. The number of unbranched alkanes of at least 4 members (excludes halogenated alkanes) is 2. The summed E-state index contributed by atoms with van der Waals surface area (Å²) < 4.78 is 0. The average molecular weight is 377 g/mol. The van der Waals surface area contributed by atoms with Crippen LogP contribution < -0.4 is 0 Å². The van der Waals surface area contributed by atoms with Crippen molar-refractivity contribution in [2.75, 3.05) is 0 Å². The van der Waals surface area contributed by atoms with Gasteiger partial charge in [0.25, 0.3) is 11.8 Å². The fourth-order valence-electron chi connectivity index (χ4n) is 2.72. The maximum Gasteiger partial charge on any atom is 0.333 e. The Bertz CT molecular complexity index is 735. The zero-order chi connectivity index (χ0) is 17.6. The fraction of sp³-hybridized carbons (Fsp3) is 0.389. The molecule has 2 amide bonds. The van der Waals surface area contributed by atoms with Crippen molar-refractivity contribution in [1.29, 1.82) is 0 Å². The van der Waals surface area contributed by atoms with Crippen molar-refractivity contribution in [2.24, 2.45) is 0 Å². The molecule has 0 atom stereocenters. The van der Waals surface area contributed by atoms with Gasteiger partial charge >= 0.3 is 5.97 Å². The summed E-state index contributed by atoms with van der Waals surface area (Å²) in [6.07, 6.45) is 4.03. The van der Waals surface area contributed by atoms with Gasteiger partial charge in [0.1, 0.15) is 0 Å². The van der Waals surface area contributed by atoms with Gasteiger partial charge in [-0.15, -0.1) is 27.7 Å². The van der Waals surface area contributed by atoms with Crippen LogP contribution in [0.4, 0.5) is 0 Å². The molecule has 0 aliphatic carbocycles. The maximum atomic E-state index is 11.7. The second-order valence-electron chi connectivity index (χ2n) is 5.86. The Morgan fingerprint density at radius 3 is 2.56 bits per heavy atom. The van der Waals surface area contributed by atoms with Gasteiger partial charge in [0.15, 0.2) is 0 Å². The summed E-state index contributed by atoms with van der Waals surface area (Å²) in [7, 11) is 0. The van der Waals surface area contributed by atoms with Crippen LogP contribution in [0.2, 0.25) is 0 Å². The number of hydroxylamine groups is 2. The fourth-order valence-corrected chi connectivity index (χ4v) is 4.59. The van der Waals surface area contributed by atoms with E-state index in [1.54, 1.807) is 22.7 Å². The number of hydrogen-bond acceptors (Lipinski definition) is 6. The SMILES string of the molecule is O=C(CCCCCc1ccsc1-c1cccs1)ON1C(=O)CCC1=O. The molecule has 1 aliphatic rings. The second-order valence-corrected chi connectivity index (χ2v) is 7.72. The van der Waals surface area contributed by atoms with Crippen LogP contribution in [0.15, 0.2) is 29.0 Å². The molecule has 1 fully saturated rings. The van der Waals surface area contributed by atoms with E-state index in [1.807, 2.05) is 0 Å². The Balaban J connectivity index is 1.37. The summed E-state index contributed by atoms with van der Waals surface area (Å²) in [5, 5.41) is 4.81. The van der Waals surface area contributed by atoms with Gasteiger partial charge in [-0.1, -0.05) is 12.5 Å². The van der Waals surface area contributed by atoms with Crippen LogP contribution in [0.5, 0.6) is 0 Å². The Labute approximate surface area is 154 Å². The van der Waals surface area contributed by atoms with Crippen molar-refractivity contribution < 1.29 is 19.2 Å². The predicted molar refractivity (Wildman–Crippen MR) is 97.0 cm³/mol. The van der Waals surface area contributed by atoms with E-state index in [9.17, 15) is 14.4 Å². The van der Waals surface area contributed by atoms with Crippen molar-refractivity contribution in [1.82, 2.24) is 5.06 Å². The van der Waals surface area contributed by atoms with Gasteiger partial charge < -0.3 is 4.84 Å². The summed E-state index contributed by atoms with van der Waals surface area (Å²) in [4.78, 5) is 42.0. The Hall–Kier alpha value is -1.99. The lowest BCUT2D eigenvalue weighted by Gasteiger charge is -2.12. The third kappa shape index (κ3) is 4.55. The van der Waals surface area contributed by atoms with Gasteiger partial charge in [-0.25, -0.2) is 4.79 Å². The molecule has 25 heavy (non-hydrogen) atoms. The first-order valence-electron chi connectivity index (χ1n) is 8.32. The quantitative estimate of drug-likeness (QED) is 0.511. The molecule has 0 unspecified atom stereocenters. The topological polar surface area (TPSA) is 63.7 Å². The molecule has 132 valence electrons. The summed E-state index contributed by atoms with van der Waals surface area (Å²) in [6, 6.07) is 6.36. The Kier molecular flexibility index (Phi) is 5.99. The number of amides is 2. The van der Waals surface area contributed by atoms with Crippen LogP contribution in [0, 0.1) is 0 Å². The first-order chi connectivity index (χ1) is 12.1. The summed E-state index contributed by atoms with van der Waals surface area (Å²) in [6.45, 7) is 0. The van der Waals surface area contributed by atoms with Gasteiger partial charge in [0.05, 0.1) is 0 Å². The van der Waals surface area contributed by atoms with Crippen LogP contribution in [0.25, 0.3) is 9.75 Å². The van der Waals surface area contributed by atoms with E-state index in [-0.39, 0.29) is 19.3 Å². The van der Waals surface area contributed by atoms with Crippen LogP contribution in [0.1, 0.15) is 44.1 Å². The number of carbonyl (C=O) groups excluding carboxylic acids is 3. The number of carbonyl (C=O) groups is 3. The summed E-state index contributed by atoms with van der Waals surface area (Å²) >= 11 is 3.51. The Morgan fingerprint density at radius 2 is 1.84 bits per heavy atom. The first kappa shape index (κ1) is 17.8. The van der Waals surface area contributed by atoms with E-state index < -0.39 is 17.8 Å². The number of imide groups is 1. The molecule has 7 heteroatoms. The van der Waals surface area contributed by atoms with Crippen LogP contribution in [-0.4, -0.2) is 22.8 Å². The van der Waals surface area contributed by atoms with Gasteiger partial charge in [0.2, 0.25) is 0 Å². The smallest absolute Gasteiger partial charge is 0.330 e. The molecule has 2 aromatic heterocycles. The molecule has 0 N–H and O–H groups in total. The largest absolute Gasteiger partial charge is 0.333 e. The molecule has 0 radical (unpaired) electrons. The molecule has 1 saturated heterocycles. The number of hydrogen-bond donors (Lipinski definition) is 0. The minimum atomic E-state index is -0.515. The predicted octanol–water partition coefficient (Wildman–Crippen LogP) is 4.19. The minimum Gasteiger partial charge on any atom is -0.330 e. The van der Waals surface area contributed by atoms with E-state index >= 15 is 0 Å². The number of aryl methyl sites for hydroxylation is 1. The lowest BCUT2D eigenvalue weighted by molar-refractivity contribution is -0.197. The highest BCUT2D eigenvalue weighted by Crippen LogP contribution is 2.33. The highest BCUT2D eigenvalue weighted by molar-refractivity contribution is 7.20. The monoisotopic (exact) mass is 377 g/mol. The maximum absolute atomic E-state index is 11.7. The van der Waals surface area contributed by atoms with Gasteiger partial charge in [-0.2, -0.15) is 0 Å². The molecule has 0 saturated carbocycles. The van der Waals surface area contributed by atoms with Gasteiger partial charge in [0, 0.05) is 29.0 Å². The van der Waals surface area contributed by atoms with E-state index in [4.69, 9.17) is 4.84 Å². The van der Waals surface area contributed by atoms with Crippen molar-refractivity contribution in [3.63, 3.8) is 0 Å². The molecular weight excluding hydrogens is 358 g/mol. The highest BCUT2D eigenvalue weighted by Gasteiger charge is 2.32. The van der Waals surface area contributed by atoms with E-state index in [0.717, 1.165) is 19.3 Å². The lowest BCUT2D eigenvalue weighted by Crippen LogP contribution is -2.31. The molecule has 0 aromatic carbocycles. The Morgan fingerprint density at radius 1 is 1.04 bits per heavy atom. The molecule has 5 nitrogen and oxygen atoms in total. The third-order valence-electron chi connectivity index (χ3n) is 4.02. The molecule has 2 aromatic rings. The summed E-state index contributed by atoms with van der Waals surface area (Å²) in [5.41, 5.74) is 1.35. The van der Waals surface area contributed by atoms with Crippen molar-refractivity contribution >= 4 is 40.5 Å². The van der Waals surface area contributed by atoms with Gasteiger partial charge in [-0.05, 0) is 47.7 Å². The number of nitrogens with zero attached hydrogens (tertiary/aromatic N) is 1. The molecular formula is C18H19NO4S2. The third-order valence-corrected chi connectivity index (χ3v) is 6.02. The van der Waals surface area contributed by atoms with Crippen LogP contribution in [0.3, 0.4) is 0 Å². The van der Waals surface area contributed by atoms with Crippen LogP contribution in [-0.2, 0) is 25.6 Å². The van der Waals surface area contributed by atoms with Crippen molar-refractivity contribution in [3.05, 3.63) is 34.5 Å². The number of thiophene rings is 2. The van der Waals surface area contributed by atoms with Crippen LogP contribution >= 0.6 is 22.7 Å². The molecule has 1 aliphatic heterocycles. The molecule has 0 spiro atoms. The average Bonchev–Trinajstić information content (AvgIpc) is 3.32. The normalized spacial score (nSPS) is 14.3. The van der Waals surface area contributed by atoms with Crippen molar-refractivity contribution in [3.8, 4) is 9.75 Å². The molecule has 3 rings (SSSR count). The van der Waals surface area contributed by atoms with E-state index in [1.165, 1.54) is 15.3 Å². The summed E-state index contributed by atoms with van der Waals surface area (Å²) in [5.74, 6) is -1.38. The van der Waals surface area contributed by atoms with Crippen molar-refractivity contribution in [2.45, 2.75) is 44.9 Å². The molecule has 0 bridgehead atoms. The zero-order valence-electron chi connectivity index (χ0n) is 13.7. The second kappa shape index (κ2) is 8.40. The van der Waals surface area contributed by atoms with E-state index in [0.29, 0.717) is 11.5 Å².